The number of aromatic hydroxyl groups is 2. The quantitative estimate of drug-likeness (QED) is 0.246. The predicted octanol–water partition coefficient (Wildman–Crippen LogP) is 9.68. The summed E-state index contributed by atoms with van der Waals surface area (Å²) in [5.41, 5.74) is 5.51. The Morgan fingerprint density at radius 1 is 0.692 bits per heavy atom. The minimum atomic E-state index is -0.394. The van der Waals surface area contributed by atoms with E-state index in [2.05, 4.69) is 69.3 Å². The Morgan fingerprint density at radius 2 is 1.21 bits per heavy atom. The van der Waals surface area contributed by atoms with Crippen LogP contribution in [-0.2, 0) is 5.41 Å². The average molecular weight is 515 g/mol. The number of benzene rings is 4. The van der Waals surface area contributed by atoms with Crippen molar-refractivity contribution in [2.75, 3.05) is 0 Å². The number of phenolic OH excluding ortho intramolecular Hbond substituents is 2. The van der Waals surface area contributed by atoms with Crippen molar-refractivity contribution in [1.82, 2.24) is 0 Å². The van der Waals surface area contributed by atoms with Gasteiger partial charge >= 0.3 is 0 Å². The van der Waals surface area contributed by atoms with Crippen LogP contribution in [0.1, 0.15) is 51.2 Å². The van der Waals surface area contributed by atoms with Crippen LogP contribution in [0.5, 0.6) is 11.5 Å². The highest BCUT2D eigenvalue weighted by Gasteiger charge is 2.47. The molecule has 2 N–H and O–H groups in total. The summed E-state index contributed by atoms with van der Waals surface area (Å²) in [6, 6.07) is 32.5. The molecule has 0 aromatic heterocycles. The summed E-state index contributed by atoms with van der Waals surface area (Å²) in [5, 5.41) is 22.0. The Kier molecular flexibility index (Phi) is 7.48. The third-order valence-electron chi connectivity index (χ3n) is 8.39. The van der Waals surface area contributed by atoms with Gasteiger partial charge in [0.1, 0.15) is 11.5 Å². The third-order valence-corrected chi connectivity index (χ3v) is 8.39. The zero-order valence-corrected chi connectivity index (χ0v) is 23.1. The van der Waals surface area contributed by atoms with E-state index in [1.807, 2.05) is 72.8 Å². The Labute approximate surface area is 233 Å². The summed E-state index contributed by atoms with van der Waals surface area (Å²) in [6.45, 7) is 6.87. The SMILES string of the molecule is CCCCC(c1ccc(O)c(-c2ccccc2)c1)(c1ccc(O)c(-c2ccccc2)c1)C1C=CC=CC1(C)C. The van der Waals surface area contributed by atoms with Crippen LogP contribution in [0.25, 0.3) is 22.3 Å². The first-order valence-corrected chi connectivity index (χ1v) is 14.0. The maximum Gasteiger partial charge on any atom is 0.123 e. The fourth-order valence-electron chi connectivity index (χ4n) is 6.38. The van der Waals surface area contributed by atoms with Crippen molar-refractivity contribution in [3.05, 3.63) is 132 Å². The van der Waals surface area contributed by atoms with E-state index in [4.69, 9.17) is 0 Å². The smallest absolute Gasteiger partial charge is 0.123 e. The normalized spacial score (nSPS) is 16.3. The molecule has 1 atom stereocenters. The summed E-state index contributed by atoms with van der Waals surface area (Å²) in [6.07, 6.45) is 12.1. The Balaban J connectivity index is 1.82. The van der Waals surface area contributed by atoms with Crippen LogP contribution in [0.4, 0.5) is 0 Å². The first-order valence-electron chi connectivity index (χ1n) is 14.0. The minimum Gasteiger partial charge on any atom is -0.507 e. The number of rotatable bonds is 8. The molecule has 1 aliphatic carbocycles. The Morgan fingerprint density at radius 3 is 1.67 bits per heavy atom. The number of unbranched alkanes of at least 4 members (excludes halogenated alkanes) is 1. The van der Waals surface area contributed by atoms with Crippen molar-refractivity contribution in [1.29, 1.82) is 0 Å². The van der Waals surface area contributed by atoms with E-state index in [0.717, 1.165) is 41.5 Å². The standard InChI is InChI=1S/C37H38O2/c1-4-5-24-37(35-18-12-13-23-36(35,2)3,29-19-21-33(38)31(25-29)27-14-8-6-9-15-27)30-20-22-34(39)32(26-30)28-16-10-7-11-17-28/h6-23,25-26,35,38-39H,4-5,24H2,1-3H3. The molecule has 0 fully saturated rings. The zero-order valence-electron chi connectivity index (χ0n) is 23.1. The van der Waals surface area contributed by atoms with E-state index in [1.165, 1.54) is 11.1 Å². The van der Waals surface area contributed by atoms with E-state index in [9.17, 15) is 10.2 Å². The molecule has 0 bridgehead atoms. The van der Waals surface area contributed by atoms with E-state index in [0.29, 0.717) is 0 Å². The molecule has 198 valence electrons. The highest BCUT2D eigenvalue weighted by molar-refractivity contribution is 5.74. The molecule has 1 unspecified atom stereocenters. The van der Waals surface area contributed by atoms with Crippen LogP contribution in [0.3, 0.4) is 0 Å². The van der Waals surface area contributed by atoms with Gasteiger partial charge in [-0.3, -0.25) is 0 Å². The topological polar surface area (TPSA) is 40.5 Å². The van der Waals surface area contributed by atoms with Crippen LogP contribution >= 0.6 is 0 Å². The van der Waals surface area contributed by atoms with Gasteiger partial charge in [-0.05, 0) is 64.3 Å². The highest BCUT2D eigenvalue weighted by Crippen LogP contribution is 2.54. The van der Waals surface area contributed by atoms with E-state index >= 15 is 0 Å². The Bertz CT molecular complexity index is 1390. The molecule has 4 aromatic carbocycles. The van der Waals surface area contributed by atoms with Crippen molar-refractivity contribution < 1.29 is 10.2 Å². The predicted molar refractivity (Wildman–Crippen MR) is 163 cm³/mol. The fourth-order valence-corrected chi connectivity index (χ4v) is 6.38. The zero-order chi connectivity index (χ0) is 27.5. The molecule has 4 aromatic rings. The second-order valence-corrected chi connectivity index (χ2v) is 11.3. The molecule has 0 radical (unpaired) electrons. The number of phenols is 2. The van der Waals surface area contributed by atoms with Crippen LogP contribution in [0.15, 0.2) is 121 Å². The summed E-state index contributed by atoms with van der Waals surface area (Å²) < 4.78 is 0. The van der Waals surface area contributed by atoms with E-state index in [1.54, 1.807) is 0 Å². The molecule has 0 aliphatic heterocycles. The molecular formula is C37H38O2. The number of hydrogen-bond donors (Lipinski definition) is 2. The molecule has 39 heavy (non-hydrogen) atoms. The maximum atomic E-state index is 11.0. The van der Waals surface area contributed by atoms with Gasteiger partial charge in [-0.1, -0.05) is 131 Å². The van der Waals surface area contributed by atoms with Crippen molar-refractivity contribution in [2.45, 2.75) is 45.4 Å². The van der Waals surface area contributed by atoms with Crippen LogP contribution < -0.4 is 0 Å². The van der Waals surface area contributed by atoms with Gasteiger partial charge in [-0.2, -0.15) is 0 Å². The fraction of sp³-hybridized carbons (Fsp3) is 0.243. The van der Waals surface area contributed by atoms with Gasteiger partial charge in [0.2, 0.25) is 0 Å². The lowest BCUT2D eigenvalue weighted by atomic mass is 9.54. The maximum absolute atomic E-state index is 11.0. The lowest BCUT2D eigenvalue weighted by Crippen LogP contribution is -2.43. The summed E-state index contributed by atoms with van der Waals surface area (Å²) in [5.74, 6) is 0.717. The molecule has 0 spiro atoms. The van der Waals surface area contributed by atoms with Gasteiger partial charge < -0.3 is 10.2 Å². The van der Waals surface area contributed by atoms with Gasteiger partial charge in [0, 0.05) is 16.5 Å². The van der Waals surface area contributed by atoms with Gasteiger partial charge in [-0.25, -0.2) is 0 Å². The number of allylic oxidation sites excluding steroid dienone is 4. The average Bonchev–Trinajstić information content (AvgIpc) is 2.96. The van der Waals surface area contributed by atoms with Crippen molar-refractivity contribution in [3.63, 3.8) is 0 Å². The molecule has 0 amide bonds. The molecule has 2 nitrogen and oxygen atoms in total. The highest BCUT2D eigenvalue weighted by atomic mass is 16.3. The molecule has 5 rings (SSSR count). The summed E-state index contributed by atoms with van der Waals surface area (Å²) >= 11 is 0. The van der Waals surface area contributed by atoms with Crippen molar-refractivity contribution in [3.8, 4) is 33.8 Å². The van der Waals surface area contributed by atoms with Crippen molar-refractivity contribution >= 4 is 0 Å². The molecular weight excluding hydrogens is 476 g/mol. The first-order chi connectivity index (χ1) is 18.9. The Hall–Kier alpha value is -4.04. The molecule has 0 heterocycles. The van der Waals surface area contributed by atoms with E-state index in [-0.39, 0.29) is 22.8 Å². The lowest BCUT2D eigenvalue weighted by molar-refractivity contribution is 0.211. The van der Waals surface area contributed by atoms with E-state index < -0.39 is 5.41 Å². The van der Waals surface area contributed by atoms with Crippen LogP contribution in [0.2, 0.25) is 0 Å². The van der Waals surface area contributed by atoms with Crippen LogP contribution in [-0.4, -0.2) is 10.2 Å². The molecule has 0 saturated heterocycles. The van der Waals surface area contributed by atoms with Gasteiger partial charge in [-0.15, -0.1) is 0 Å². The lowest BCUT2D eigenvalue weighted by Gasteiger charge is -2.48. The van der Waals surface area contributed by atoms with Gasteiger partial charge in [0.15, 0.2) is 0 Å². The largest absolute Gasteiger partial charge is 0.507 e. The second kappa shape index (κ2) is 11.0. The molecule has 2 heteroatoms. The van der Waals surface area contributed by atoms with Gasteiger partial charge in [0.25, 0.3) is 0 Å². The summed E-state index contributed by atoms with van der Waals surface area (Å²) in [4.78, 5) is 0. The van der Waals surface area contributed by atoms with Gasteiger partial charge in [0.05, 0.1) is 0 Å². The second-order valence-electron chi connectivity index (χ2n) is 11.3. The monoisotopic (exact) mass is 514 g/mol. The van der Waals surface area contributed by atoms with Crippen molar-refractivity contribution in [2.24, 2.45) is 11.3 Å². The third kappa shape index (κ3) is 5.04. The molecule has 1 aliphatic rings. The summed E-state index contributed by atoms with van der Waals surface area (Å²) in [7, 11) is 0. The molecule has 0 saturated carbocycles. The minimum absolute atomic E-state index is 0.113. The first kappa shape index (κ1) is 26.6. The number of hydrogen-bond acceptors (Lipinski definition) is 2. The van der Waals surface area contributed by atoms with Crippen LogP contribution in [0, 0.1) is 11.3 Å².